The molecule has 3 aromatic carbocycles. The zero-order valence-electron chi connectivity index (χ0n) is 15.1. The monoisotopic (exact) mass is 393 g/mol. The number of nitrogens with zero attached hydrogens (tertiary/aromatic N) is 2. The van der Waals surface area contributed by atoms with Crippen LogP contribution in [0.25, 0.3) is 11.5 Å². The van der Waals surface area contributed by atoms with Crippen LogP contribution >= 0.6 is 11.6 Å². The summed E-state index contributed by atoms with van der Waals surface area (Å²) in [4.78, 5) is 0. The lowest BCUT2D eigenvalue weighted by atomic mass is 10.0. The van der Waals surface area contributed by atoms with Crippen LogP contribution in [0.4, 0.5) is 10.1 Å². The number of anilines is 1. The van der Waals surface area contributed by atoms with Crippen LogP contribution in [0, 0.1) is 12.7 Å². The number of benzene rings is 3. The molecule has 0 bridgehead atoms. The van der Waals surface area contributed by atoms with Crippen LogP contribution < -0.4 is 5.32 Å². The molecule has 0 fully saturated rings. The molecule has 4 nitrogen and oxygen atoms in total. The summed E-state index contributed by atoms with van der Waals surface area (Å²) in [5.41, 5.74) is 2.94. The average Bonchev–Trinajstić information content (AvgIpc) is 3.20. The molecular formula is C22H17ClFN3O. The average molecular weight is 394 g/mol. The highest BCUT2D eigenvalue weighted by Gasteiger charge is 2.24. The maximum Gasteiger partial charge on any atom is 0.247 e. The maximum atomic E-state index is 14.6. The second kappa shape index (κ2) is 7.82. The van der Waals surface area contributed by atoms with Gasteiger partial charge in [0.25, 0.3) is 0 Å². The molecule has 1 unspecified atom stereocenters. The van der Waals surface area contributed by atoms with Gasteiger partial charge >= 0.3 is 0 Å². The minimum Gasteiger partial charge on any atom is -0.418 e. The smallest absolute Gasteiger partial charge is 0.247 e. The molecule has 6 heteroatoms. The maximum absolute atomic E-state index is 14.6. The van der Waals surface area contributed by atoms with Gasteiger partial charge in [0.2, 0.25) is 11.8 Å². The van der Waals surface area contributed by atoms with Crippen molar-refractivity contribution < 1.29 is 8.81 Å². The molecule has 28 heavy (non-hydrogen) atoms. The van der Waals surface area contributed by atoms with Gasteiger partial charge in [-0.15, -0.1) is 10.2 Å². The molecule has 0 aliphatic rings. The fourth-order valence-corrected chi connectivity index (χ4v) is 3.11. The fourth-order valence-electron chi connectivity index (χ4n) is 2.94. The van der Waals surface area contributed by atoms with Gasteiger partial charge in [-0.2, -0.15) is 0 Å². The molecule has 0 aliphatic carbocycles. The number of nitrogens with one attached hydrogen (secondary N) is 1. The van der Waals surface area contributed by atoms with Crippen molar-refractivity contribution in [3.05, 3.63) is 101 Å². The van der Waals surface area contributed by atoms with Crippen molar-refractivity contribution in [2.24, 2.45) is 0 Å². The number of rotatable bonds is 5. The van der Waals surface area contributed by atoms with Crippen molar-refractivity contribution in [3.63, 3.8) is 0 Å². The third kappa shape index (κ3) is 3.75. The molecule has 0 saturated heterocycles. The first kappa shape index (κ1) is 18.2. The summed E-state index contributed by atoms with van der Waals surface area (Å²) in [5.74, 6) is 0.282. The van der Waals surface area contributed by atoms with Crippen molar-refractivity contribution in [1.82, 2.24) is 10.2 Å². The van der Waals surface area contributed by atoms with E-state index >= 15 is 0 Å². The summed E-state index contributed by atoms with van der Waals surface area (Å²) in [6, 6.07) is 20.8. The Labute approximate surface area is 167 Å². The zero-order chi connectivity index (χ0) is 19.5. The van der Waals surface area contributed by atoms with Crippen LogP contribution in [0.2, 0.25) is 5.02 Å². The van der Waals surface area contributed by atoms with E-state index in [2.05, 4.69) is 15.5 Å². The van der Waals surface area contributed by atoms with E-state index < -0.39 is 6.04 Å². The molecule has 0 radical (unpaired) electrons. The van der Waals surface area contributed by atoms with Crippen molar-refractivity contribution in [2.75, 3.05) is 5.32 Å². The van der Waals surface area contributed by atoms with Crippen molar-refractivity contribution in [3.8, 4) is 11.5 Å². The molecule has 1 N–H and O–H groups in total. The third-order valence-corrected chi connectivity index (χ3v) is 4.66. The Morgan fingerprint density at radius 1 is 0.964 bits per heavy atom. The van der Waals surface area contributed by atoms with E-state index in [1.807, 2.05) is 43.3 Å². The van der Waals surface area contributed by atoms with Crippen LogP contribution in [0.15, 0.2) is 77.2 Å². The van der Waals surface area contributed by atoms with Gasteiger partial charge in [0.05, 0.1) is 0 Å². The number of aromatic nitrogens is 2. The van der Waals surface area contributed by atoms with Gasteiger partial charge in [-0.05, 0) is 42.8 Å². The minimum absolute atomic E-state index is 0.267. The number of hydrogen-bond donors (Lipinski definition) is 1. The van der Waals surface area contributed by atoms with E-state index in [-0.39, 0.29) is 11.7 Å². The molecule has 1 atom stereocenters. The van der Waals surface area contributed by atoms with Gasteiger partial charge in [-0.1, -0.05) is 54.1 Å². The molecule has 0 saturated carbocycles. The molecule has 4 aromatic rings. The van der Waals surface area contributed by atoms with Crippen LogP contribution in [-0.4, -0.2) is 10.2 Å². The SMILES string of the molecule is Cc1ccc(Cl)cc1NC(c1nnc(-c2ccccc2)o1)c1ccccc1F. The second-order valence-electron chi connectivity index (χ2n) is 6.37. The number of hydrogen-bond acceptors (Lipinski definition) is 4. The molecule has 0 spiro atoms. The highest BCUT2D eigenvalue weighted by atomic mass is 35.5. The summed E-state index contributed by atoms with van der Waals surface area (Å²) < 4.78 is 20.5. The summed E-state index contributed by atoms with van der Waals surface area (Å²) >= 11 is 6.14. The van der Waals surface area contributed by atoms with E-state index in [1.54, 1.807) is 30.3 Å². The van der Waals surface area contributed by atoms with E-state index in [4.69, 9.17) is 16.0 Å². The Bertz CT molecular complexity index is 1100. The van der Waals surface area contributed by atoms with Crippen molar-refractivity contribution in [1.29, 1.82) is 0 Å². The van der Waals surface area contributed by atoms with E-state index in [9.17, 15) is 4.39 Å². The van der Waals surface area contributed by atoms with Gasteiger partial charge < -0.3 is 9.73 Å². The first-order valence-electron chi connectivity index (χ1n) is 8.78. The standard InChI is InChI=1S/C22H17ClFN3O/c1-14-11-12-16(23)13-19(14)25-20(17-9-5-6-10-18(17)24)22-27-26-21(28-22)15-7-3-2-4-8-15/h2-13,20,25H,1H3. The molecule has 0 aliphatic heterocycles. The van der Waals surface area contributed by atoms with Crippen LogP contribution in [0.1, 0.15) is 23.1 Å². The molecular weight excluding hydrogens is 377 g/mol. The predicted octanol–water partition coefficient (Wildman–Crippen LogP) is 6.04. The quantitative estimate of drug-likeness (QED) is 0.449. The fraction of sp³-hybridized carbons (Fsp3) is 0.0909. The predicted molar refractivity (Wildman–Crippen MR) is 108 cm³/mol. The lowest BCUT2D eigenvalue weighted by molar-refractivity contribution is 0.485. The van der Waals surface area contributed by atoms with Gasteiger partial charge in [0, 0.05) is 21.8 Å². The van der Waals surface area contributed by atoms with Gasteiger partial charge in [-0.3, -0.25) is 0 Å². The normalized spacial score (nSPS) is 12.0. The van der Waals surface area contributed by atoms with Crippen molar-refractivity contribution in [2.45, 2.75) is 13.0 Å². The summed E-state index contributed by atoms with van der Waals surface area (Å²) in [5, 5.41) is 12.2. The zero-order valence-corrected chi connectivity index (χ0v) is 15.8. The Balaban J connectivity index is 1.77. The Morgan fingerprint density at radius 3 is 2.50 bits per heavy atom. The van der Waals surface area contributed by atoms with E-state index in [0.29, 0.717) is 16.5 Å². The number of halogens is 2. The van der Waals surface area contributed by atoms with Gasteiger partial charge in [0.1, 0.15) is 11.9 Å². The molecule has 140 valence electrons. The third-order valence-electron chi connectivity index (χ3n) is 4.42. The first-order chi connectivity index (χ1) is 13.6. The first-order valence-corrected chi connectivity index (χ1v) is 9.15. The highest BCUT2D eigenvalue weighted by molar-refractivity contribution is 6.30. The highest BCUT2D eigenvalue weighted by Crippen LogP contribution is 2.31. The molecule has 1 heterocycles. The van der Waals surface area contributed by atoms with E-state index in [1.165, 1.54) is 6.07 Å². The molecule has 0 amide bonds. The van der Waals surface area contributed by atoms with E-state index in [0.717, 1.165) is 16.8 Å². The topological polar surface area (TPSA) is 51.0 Å². The van der Waals surface area contributed by atoms with Crippen LogP contribution in [0.5, 0.6) is 0 Å². The van der Waals surface area contributed by atoms with Crippen LogP contribution in [0.3, 0.4) is 0 Å². The second-order valence-corrected chi connectivity index (χ2v) is 6.81. The van der Waals surface area contributed by atoms with Crippen LogP contribution in [-0.2, 0) is 0 Å². The largest absolute Gasteiger partial charge is 0.418 e. The van der Waals surface area contributed by atoms with Gasteiger partial charge in [0.15, 0.2) is 0 Å². The molecule has 1 aromatic heterocycles. The Kier molecular flexibility index (Phi) is 5.08. The lowest BCUT2D eigenvalue weighted by Crippen LogP contribution is -2.15. The Hall–Kier alpha value is -3.18. The summed E-state index contributed by atoms with van der Waals surface area (Å²) in [7, 11) is 0. The van der Waals surface area contributed by atoms with Crippen molar-refractivity contribution >= 4 is 17.3 Å². The Morgan fingerprint density at radius 2 is 1.71 bits per heavy atom. The summed E-state index contributed by atoms with van der Waals surface area (Å²) in [6.45, 7) is 1.94. The lowest BCUT2D eigenvalue weighted by Gasteiger charge is -2.19. The number of aryl methyl sites for hydroxylation is 1. The summed E-state index contributed by atoms with van der Waals surface area (Å²) in [6.07, 6.45) is 0. The van der Waals surface area contributed by atoms with Gasteiger partial charge in [-0.25, -0.2) is 4.39 Å². The molecule has 4 rings (SSSR count). The minimum atomic E-state index is -0.664.